The minimum Gasteiger partial charge on any atom is -0.481 e. The summed E-state index contributed by atoms with van der Waals surface area (Å²) < 4.78 is 5.00. The van der Waals surface area contributed by atoms with E-state index >= 15 is 0 Å². The van der Waals surface area contributed by atoms with Gasteiger partial charge in [0.1, 0.15) is 6.61 Å². The highest BCUT2D eigenvalue weighted by Crippen LogP contribution is 2.26. The maximum atomic E-state index is 11.7. The Labute approximate surface area is 105 Å². The van der Waals surface area contributed by atoms with Crippen LogP contribution in [-0.2, 0) is 9.53 Å². The summed E-state index contributed by atoms with van der Waals surface area (Å²) in [5.41, 5.74) is 1.80. The molecule has 18 heavy (non-hydrogen) atoms. The molecule has 0 radical (unpaired) electrons. The Kier molecular flexibility index (Phi) is 3.50. The number of amides is 1. The topological polar surface area (TPSA) is 66.8 Å². The molecule has 2 rings (SSSR count). The van der Waals surface area contributed by atoms with E-state index in [9.17, 15) is 9.59 Å². The first-order valence-electron chi connectivity index (χ1n) is 5.82. The van der Waals surface area contributed by atoms with E-state index in [-0.39, 0.29) is 19.1 Å². The van der Waals surface area contributed by atoms with Crippen LogP contribution in [0.3, 0.4) is 0 Å². The second-order valence-corrected chi connectivity index (χ2v) is 4.37. The van der Waals surface area contributed by atoms with Gasteiger partial charge in [0.25, 0.3) is 0 Å². The number of carboxylic acid groups (broad SMARTS) is 1. The smallest absolute Gasteiger partial charge is 0.414 e. The number of anilines is 1. The molecule has 1 aliphatic rings. The number of benzene rings is 1. The lowest BCUT2D eigenvalue weighted by Gasteiger charge is -2.21. The number of hydrogen-bond donors (Lipinski definition) is 1. The minimum absolute atomic E-state index is 0.0314. The number of ether oxygens (including phenoxy) is 1. The predicted octanol–water partition coefficient (Wildman–Crippen LogP) is 2.19. The van der Waals surface area contributed by atoms with E-state index < -0.39 is 12.1 Å². The molecule has 1 heterocycles. The Balaban J connectivity index is 2.17. The van der Waals surface area contributed by atoms with Gasteiger partial charge in [-0.1, -0.05) is 12.1 Å². The average molecular weight is 249 g/mol. The molecule has 0 saturated carbocycles. The van der Waals surface area contributed by atoms with Crippen molar-refractivity contribution in [3.05, 3.63) is 29.8 Å². The zero-order chi connectivity index (χ0) is 13.1. The van der Waals surface area contributed by atoms with Crippen molar-refractivity contribution in [2.24, 2.45) is 0 Å². The lowest BCUT2D eigenvalue weighted by molar-refractivity contribution is -0.137. The van der Waals surface area contributed by atoms with E-state index in [1.54, 1.807) is 0 Å². The Morgan fingerprint density at radius 3 is 3.00 bits per heavy atom. The van der Waals surface area contributed by atoms with E-state index in [4.69, 9.17) is 9.84 Å². The number of aliphatic carboxylic acids is 1. The summed E-state index contributed by atoms with van der Waals surface area (Å²) in [7, 11) is 0. The highest BCUT2D eigenvalue weighted by atomic mass is 16.6. The molecular formula is C13H15NO4. The number of nitrogens with zero attached hydrogens (tertiary/aromatic N) is 1. The molecule has 1 unspecified atom stereocenters. The van der Waals surface area contributed by atoms with Crippen molar-refractivity contribution in [1.29, 1.82) is 0 Å². The van der Waals surface area contributed by atoms with Gasteiger partial charge in [-0.05, 0) is 31.0 Å². The minimum atomic E-state index is -0.862. The quantitative estimate of drug-likeness (QED) is 0.888. The number of hydrogen-bond acceptors (Lipinski definition) is 3. The van der Waals surface area contributed by atoms with Gasteiger partial charge in [-0.2, -0.15) is 0 Å². The molecule has 1 aliphatic heterocycles. The normalized spacial score (nSPS) is 18.8. The predicted molar refractivity (Wildman–Crippen MR) is 65.7 cm³/mol. The van der Waals surface area contributed by atoms with Crippen LogP contribution in [0.5, 0.6) is 0 Å². The Morgan fingerprint density at radius 1 is 1.56 bits per heavy atom. The maximum absolute atomic E-state index is 11.7. The third-order valence-electron chi connectivity index (χ3n) is 2.93. The van der Waals surface area contributed by atoms with Crippen molar-refractivity contribution in [2.45, 2.75) is 25.8 Å². The van der Waals surface area contributed by atoms with Gasteiger partial charge in [0.05, 0.1) is 6.04 Å². The van der Waals surface area contributed by atoms with Gasteiger partial charge in [-0.15, -0.1) is 0 Å². The standard InChI is InChI=1S/C13H15NO4/c1-9-3-2-4-10(7-9)14-11(5-6-12(15)16)8-18-13(14)17/h2-4,7,11H,5-6,8H2,1H3,(H,15,16). The first-order valence-corrected chi connectivity index (χ1v) is 5.82. The molecule has 1 aromatic rings. The number of rotatable bonds is 4. The van der Waals surface area contributed by atoms with Gasteiger partial charge in [-0.3, -0.25) is 9.69 Å². The Hall–Kier alpha value is -2.04. The van der Waals surface area contributed by atoms with Gasteiger partial charge >= 0.3 is 12.1 Å². The van der Waals surface area contributed by atoms with Crippen LogP contribution in [0.25, 0.3) is 0 Å². The Bertz CT molecular complexity index is 472. The molecule has 1 amide bonds. The van der Waals surface area contributed by atoms with Crippen LogP contribution >= 0.6 is 0 Å². The molecule has 0 bridgehead atoms. The fourth-order valence-electron chi connectivity index (χ4n) is 2.06. The molecule has 1 N–H and O–H groups in total. The summed E-state index contributed by atoms with van der Waals surface area (Å²) in [6.45, 7) is 2.19. The fourth-order valence-corrected chi connectivity index (χ4v) is 2.06. The lowest BCUT2D eigenvalue weighted by atomic mass is 10.1. The number of carbonyl (C=O) groups excluding carboxylic acids is 1. The summed E-state index contributed by atoms with van der Waals surface area (Å²) in [5, 5.41) is 8.70. The van der Waals surface area contributed by atoms with Crippen LogP contribution in [0.1, 0.15) is 18.4 Å². The van der Waals surface area contributed by atoms with E-state index in [0.29, 0.717) is 6.42 Å². The van der Waals surface area contributed by atoms with Crippen LogP contribution in [0, 0.1) is 6.92 Å². The molecule has 1 aromatic carbocycles. The van der Waals surface area contributed by atoms with Crippen molar-refractivity contribution in [1.82, 2.24) is 0 Å². The zero-order valence-electron chi connectivity index (χ0n) is 10.1. The largest absolute Gasteiger partial charge is 0.481 e. The zero-order valence-corrected chi connectivity index (χ0v) is 10.1. The highest BCUT2D eigenvalue weighted by molar-refractivity contribution is 5.90. The van der Waals surface area contributed by atoms with Gasteiger partial charge in [-0.25, -0.2) is 4.79 Å². The van der Waals surface area contributed by atoms with Gasteiger partial charge in [0.15, 0.2) is 0 Å². The third kappa shape index (κ3) is 2.61. The van der Waals surface area contributed by atoms with Crippen molar-refractivity contribution in [2.75, 3.05) is 11.5 Å². The van der Waals surface area contributed by atoms with Crippen molar-refractivity contribution >= 4 is 17.7 Å². The number of carboxylic acids is 1. The molecule has 0 spiro atoms. The molecule has 1 fully saturated rings. The number of aryl methyl sites for hydroxylation is 1. The van der Waals surface area contributed by atoms with Gasteiger partial charge in [0.2, 0.25) is 0 Å². The molecule has 5 nitrogen and oxygen atoms in total. The lowest BCUT2D eigenvalue weighted by Crippen LogP contribution is -2.33. The SMILES string of the molecule is Cc1cccc(N2C(=O)OCC2CCC(=O)O)c1. The van der Waals surface area contributed by atoms with Crippen LogP contribution < -0.4 is 4.90 Å². The van der Waals surface area contributed by atoms with Gasteiger partial charge < -0.3 is 9.84 Å². The average Bonchev–Trinajstić information content (AvgIpc) is 2.68. The summed E-state index contributed by atoms with van der Waals surface area (Å²) >= 11 is 0. The molecule has 5 heteroatoms. The maximum Gasteiger partial charge on any atom is 0.414 e. The summed E-state index contributed by atoms with van der Waals surface area (Å²) in [5.74, 6) is -0.862. The van der Waals surface area contributed by atoms with Crippen LogP contribution in [0.2, 0.25) is 0 Å². The monoisotopic (exact) mass is 249 g/mol. The molecule has 96 valence electrons. The van der Waals surface area contributed by atoms with Crippen LogP contribution in [-0.4, -0.2) is 29.8 Å². The number of carbonyl (C=O) groups is 2. The molecule has 0 aromatic heterocycles. The van der Waals surface area contributed by atoms with E-state index in [1.807, 2.05) is 31.2 Å². The van der Waals surface area contributed by atoms with E-state index in [2.05, 4.69) is 0 Å². The first-order chi connectivity index (χ1) is 8.58. The van der Waals surface area contributed by atoms with Crippen LogP contribution in [0.4, 0.5) is 10.5 Å². The molecular weight excluding hydrogens is 234 g/mol. The summed E-state index contributed by atoms with van der Waals surface area (Å²) in [6.07, 6.45) is 0.0227. The second kappa shape index (κ2) is 5.08. The van der Waals surface area contributed by atoms with Crippen molar-refractivity contribution in [3.63, 3.8) is 0 Å². The molecule has 0 aliphatic carbocycles. The summed E-state index contributed by atoms with van der Waals surface area (Å²) in [4.78, 5) is 23.8. The first kappa shape index (κ1) is 12.4. The van der Waals surface area contributed by atoms with E-state index in [0.717, 1.165) is 11.3 Å². The fraction of sp³-hybridized carbons (Fsp3) is 0.385. The van der Waals surface area contributed by atoms with Crippen molar-refractivity contribution < 1.29 is 19.4 Å². The molecule has 1 atom stereocenters. The van der Waals surface area contributed by atoms with Gasteiger partial charge in [0, 0.05) is 12.1 Å². The van der Waals surface area contributed by atoms with Crippen LogP contribution in [0.15, 0.2) is 24.3 Å². The highest BCUT2D eigenvalue weighted by Gasteiger charge is 2.34. The molecule has 1 saturated heterocycles. The van der Waals surface area contributed by atoms with Crippen molar-refractivity contribution in [3.8, 4) is 0 Å². The Morgan fingerprint density at radius 2 is 2.33 bits per heavy atom. The number of cyclic esters (lactones) is 1. The second-order valence-electron chi connectivity index (χ2n) is 4.37. The third-order valence-corrected chi connectivity index (χ3v) is 2.93. The van der Waals surface area contributed by atoms with E-state index in [1.165, 1.54) is 4.90 Å². The summed E-state index contributed by atoms with van der Waals surface area (Å²) in [6, 6.07) is 7.32.